The first kappa shape index (κ1) is 16.4. The Morgan fingerprint density at radius 2 is 1.79 bits per heavy atom. The Labute approximate surface area is 147 Å². The minimum atomic E-state index is -0.833. The summed E-state index contributed by atoms with van der Waals surface area (Å²) in [5.74, 6) is -0.362. The molecule has 2 N–H and O–H groups in total. The fraction of sp³-hybridized carbons (Fsp3) is 0.125. The Bertz CT molecular complexity index is 811. The van der Waals surface area contributed by atoms with Crippen LogP contribution in [-0.4, -0.2) is 18.6 Å². The first-order valence-corrected chi connectivity index (χ1v) is 7.71. The molecule has 2 aromatic rings. The molecule has 0 saturated carbocycles. The largest absolute Gasteiger partial charge is 0.454 e. The summed E-state index contributed by atoms with van der Waals surface area (Å²) >= 11 is 11.8. The summed E-state index contributed by atoms with van der Waals surface area (Å²) in [6.45, 7) is 0.347. The molecule has 0 aliphatic carbocycles. The van der Waals surface area contributed by atoms with Gasteiger partial charge in [0.25, 0.3) is 0 Å². The van der Waals surface area contributed by atoms with Gasteiger partial charge in [-0.2, -0.15) is 0 Å². The predicted molar refractivity (Wildman–Crippen MR) is 89.5 cm³/mol. The van der Waals surface area contributed by atoms with Gasteiger partial charge in [-0.3, -0.25) is 9.59 Å². The van der Waals surface area contributed by atoms with Gasteiger partial charge in [0.05, 0.1) is 10.7 Å². The second kappa shape index (κ2) is 6.98. The lowest BCUT2D eigenvalue weighted by Gasteiger charge is -2.08. The smallest absolute Gasteiger partial charge is 0.313 e. The Morgan fingerprint density at radius 1 is 1.00 bits per heavy atom. The highest BCUT2D eigenvalue weighted by atomic mass is 35.5. The average molecular weight is 367 g/mol. The summed E-state index contributed by atoms with van der Waals surface area (Å²) in [7, 11) is 0. The first-order chi connectivity index (χ1) is 11.5. The molecule has 0 atom stereocenters. The van der Waals surface area contributed by atoms with Gasteiger partial charge < -0.3 is 20.1 Å². The molecular formula is C16H12Cl2N2O4. The Hall–Kier alpha value is -2.44. The monoisotopic (exact) mass is 366 g/mol. The van der Waals surface area contributed by atoms with E-state index in [4.69, 9.17) is 32.7 Å². The van der Waals surface area contributed by atoms with E-state index in [1.807, 2.05) is 0 Å². The number of hydrogen-bond acceptors (Lipinski definition) is 4. The topological polar surface area (TPSA) is 76.7 Å². The minimum absolute atomic E-state index is 0.173. The van der Waals surface area contributed by atoms with Crippen LogP contribution < -0.4 is 20.1 Å². The third-order valence-electron chi connectivity index (χ3n) is 3.27. The zero-order valence-electron chi connectivity index (χ0n) is 12.3. The summed E-state index contributed by atoms with van der Waals surface area (Å²) in [5.41, 5.74) is 1.05. The molecule has 1 heterocycles. The fourth-order valence-electron chi connectivity index (χ4n) is 2.09. The van der Waals surface area contributed by atoms with Crippen molar-refractivity contribution in [2.45, 2.75) is 6.54 Å². The molecule has 6 nitrogen and oxygen atoms in total. The SMILES string of the molecule is O=C(NCc1ccc2c(c1)OCO2)C(=O)Nc1cc(Cl)ccc1Cl. The van der Waals surface area contributed by atoms with E-state index in [1.54, 1.807) is 24.3 Å². The maximum Gasteiger partial charge on any atom is 0.313 e. The molecule has 0 fully saturated rings. The van der Waals surface area contributed by atoms with E-state index < -0.39 is 11.8 Å². The van der Waals surface area contributed by atoms with Crippen LogP contribution in [0.2, 0.25) is 10.0 Å². The maximum atomic E-state index is 11.9. The number of carbonyl (C=O) groups is 2. The molecule has 2 aromatic carbocycles. The van der Waals surface area contributed by atoms with Crippen molar-refractivity contribution in [1.29, 1.82) is 0 Å². The molecule has 3 rings (SSSR count). The van der Waals surface area contributed by atoms with Crippen LogP contribution in [0, 0.1) is 0 Å². The summed E-state index contributed by atoms with van der Waals surface area (Å²) in [5, 5.41) is 5.62. The van der Waals surface area contributed by atoms with Crippen molar-refractivity contribution in [3.63, 3.8) is 0 Å². The molecule has 24 heavy (non-hydrogen) atoms. The molecule has 0 spiro atoms. The zero-order chi connectivity index (χ0) is 17.1. The number of rotatable bonds is 3. The molecule has 8 heteroatoms. The molecule has 0 aromatic heterocycles. The summed E-state index contributed by atoms with van der Waals surface area (Å²) in [6, 6.07) is 9.85. The van der Waals surface area contributed by atoms with Crippen LogP contribution in [0.3, 0.4) is 0 Å². The van der Waals surface area contributed by atoms with Crippen molar-refractivity contribution in [2.75, 3.05) is 12.1 Å². The van der Waals surface area contributed by atoms with Crippen LogP contribution in [0.25, 0.3) is 0 Å². The summed E-state index contributed by atoms with van der Waals surface area (Å²) in [6.07, 6.45) is 0. The van der Waals surface area contributed by atoms with Crippen LogP contribution in [0.1, 0.15) is 5.56 Å². The summed E-state index contributed by atoms with van der Waals surface area (Å²) in [4.78, 5) is 23.8. The minimum Gasteiger partial charge on any atom is -0.454 e. The number of halogens is 2. The van der Waals surface area contributed by atoms with Gasteiger partial charge in [0, 0.05) is 11.6 Å². The highest BCUT2D eigenvalue weighted by Crippen LogP contribution is 2.32. The van der Waals surface area contributed by atoms with Crippen LogP contribution in [0.15, 0.2) is 36.4 Å². The molecule has 1 aliphatic rings. The van der Waals surface area contributed by atoms with Gasteiger partial charge in [-0.15, -0.1) is 0 Å². The Kier molecular flexibility index (Phi) is 4.78. The van der Waals surface area contributed by atoms with Crippen molar-refractivity contribution in [3.05, 3.63) is 52.0 Å². The second-order valence-electron chi connectivity index (χ2n) is 4.95. The number of ether oxygens (including phenoxy) is 2. The lowest BCUT2D eigenvalue weighted by molar-refractivity contribution is -0.136. The van der Waals surface area contributed by atoms with E-state index in [0.717, 1.165) is 5.56 Å². The normalized spacial score (nSPS) is 11.9. The maximum absolute atomic E-state index is 11.9. The molecule has 0 radical (unpaired) electrons. The van der Waals surface area contributed by atoms with E-state index >= 15 is 0 Å². The Balaban J connectivity index is 1.58. The quantitative estimate of drug-likeness (QED) is 0.818. The molecule has 2 amide bonds. The lowest BCUT2D eigenvalue weighted by atomic mass is 10.2. The molecule has 0 saturated heterocycles. The van der Waals surface area contributed by atoms with Crippen LogP contribution >= 0.6 is 23.2 Å². The summed E-state index contributed by atoms with van der Waals surface area (Å²) < 4.78 is 10.5. The van der Waals surface area contributed by atoms with Gasteiger partial charge in [-0.25, -0.2) is 0 Å². The van der Waals surface area contributed by atoms with Crippen molar-refractivity contribution in [3.8, 4) is 11.5 Å². The molecule has 1 aliphatic heterocycles. The van der Waals surface area contributed by atoms with Gasteiger partial charge in [0.1, 0.15) is 0 Å². The van der Waals surface area contributed by atoms with Crippen LogP contribution in [-0.2, 0) is 16.1 Å². The van der Waals surface area contributed by atoms with E-state index in [-0.39, 0.29) is 24.0 Å². The lowest BCUT2D eigenvalue weighted by Crippen LogP contribution is -2.35. The number of hydrogen-bond donors (Lipinski definition) is 2. The molecule has 0 bridgehead atoms. The first-order valence-electron chi connectivity index (χ1n) is 6.95. The van der Waals surface area contributed by atoms with Crippen LogP contribution in [0.4, 0.5) is 5.69 Å². The number of nitrogens with one attached hydrogen (secondary N) is 2. The van der Waals surface area contributed by atoms with Crippen molar-refractivity contribution in [1.82, 2.24) is 5.32 Å². The van der Waals surface area contributed by atoms with E-state index in [0.29, 0.717) is 16.5 Å². The van der Waals surface area contributed by atoms with Crippen molar-refractivity contribution in [2.24, 2.45) is 0 Å². The van der Waals surface area contributed by atoms with Crippen molar-refractivity contribution >= 4 is 40.7 Å². The molecular weight excluding hydrogens is 355 g/mol. The number of anilines is 1. The van der Waals surface area contributed by atoms with Gasteiger partial charge in [0.2, 0.25) is 6.79 Å². The standard InChI is InChI=1S/C16H12Cl2N2O4/c17-10-2-3-11(18)12(6-10)20-16(22)15(21)19-7-9-1-4-13-14(5-9)24-8-23-13/h1-6H,7-8H2,(H,19,21)(H,20,22). The van der Waals surface area contributed by atoms with E-state index in [2.05, 4.69) is 10.6 Å². The average Bonchev–Trinajstić information content (AvgIpc) is 3.03. The third-order valence-corrected chi connectivity index (χ3v) is 3.84. The fourth-order valence-corrected chi connectivity index (χ4v) is 2.42. The Morgan fingerprint density at radius 3 is 2.62 bits per heavy atom. The van der Waals surface area contributed by atoms with E-state index in [1.165, 1.54) is 12.1 Å². The highest BCUT2D eigenvalue weighted by molar-refractivity contribution is 6.42. The number of amides is 2. The number of carbonyl (C=O) groups excluding carboxylic acids is 2. The van der Waals surface area contributed by atoms with Crippen LogP contribution in [0.5, 0.6) is 11.5 Å². The zero-order valence-corrected chi connectivity index (χ0v) is 13.8. The predicted octanol–water partition coefficient (Wildman–Crippen LogP) is 2.98. The van der Waals surface area contributed by atoms with Gasteiger partial charge in [-0.05, 0) is 35.9 Å². The van der Waals surface area contributed by atoms with Gasteiger partial charge in [0.15, 0.2) is 11.5 Å². The number of fused-ring (bicyclic) bond motifs is 1. The molecule has 0 unspecified atom stereocenters. The molecule has 124 valence electrons. The third kappa shape index (κ3) is 3.72. The van der Waals surface area contributed by atoms with E-state index in [9.17, 15) is 9.59 Å². The highest BCUT2D eigenvalue weighted by Gasteiger charge is 2.17. The van der Waals surface area contributed by atoms with Gasteiger partial charge in [-0.1, -0.05) is 29.3 Å². The number of benzene rings is 2. The van der Waals surface area contributed by atoms with Crippen molar-refractivity contribution < 1.29 is 19.1 Å². The van der Waals surface area contributed by atoms with Gasteiger partial charge >= 0.3 is 11.8 Å². The second-order valence-corrected chi connectivity index (χ2v) is 5.79.